The highest BCUT2D eigenvalue weighted by Gasteiger charge is 2.31. The van der Waals surface area contributed by atoms with E-state index in [4.69, 9.17) is 0 Å². The Kier molecular flexibility index (Phi) is 4.56. The highest BCUT2D eigenvalue weighted by molar-refractivity contribution is 9.10. The Morgan fingerprint density at radius 2 is 2.11 bits per heavy atom. The molecule has 1 aromatic rings. The number of hydrogen-bond acceptors (Lipinski definition) is 1. The summed E-state index contributed by atoms with van der Waals surface area (Å²) in [5, 5.41) is 0. The molecule has 5 heteroatoms. The van der Waals surface area contributed by atoms with Crippen LogP contribution >= 0.6 is 15.9 Å². The van der Waals surface area contributed by atoms with E-state index in [1.165, 1.54) is 18.9 Å². The first kappa shape index (κ1) is 14.9. The van der Waals surface area contributed by atoms with Crippen LogP contribution in [-0.2, 0) is 12.7 Å². The molecule has 1 aliphatic heterocycles. The summed E-state index contributed by atoms with van der Waals surface area (Å²) in [6.07, 6.45) is -1.87. The second kappa shape index (κ2) is 5.83. The molecule has 0 N–H and O–H groups in total. The molecule has 0 radical (unpaired) electrons. The molecule has 1 heterocycles. The lowest BCUT2D eigenvalue weighted by Gasteiger charge is -2.31. The Labute approximate surface area is 119 Å². The second-order valence-electron chi connectivity index (χ2n) is 5.29. The maximum atomic E-state index is 12.6. The van der Waals surface area contributed by atoms with Crippen LogP contribution < -0.4 is 0 Å². The Hall–Kier alpha value is -0.550. The summed E-state index contributed by atoms with van der Waals surface area (Å²) in [7, 11) is 0. The smallest absolute Gasteiger partial charge is 0.299 e. The summed E-state index contributed by atoms with van der Waals surface area (Å²) >= 11 is 3.25. The van der Waals surface area contributed by atoms with Gasteiger partial charge in [-0.1, -0.05) is 28.9 Å². The van der Waals surface area contributed by atoms with Crippen LogP contribution in [0, 0.1) is 5.92 Å². The van der Waals surface area contributed by atoms with Gasteiger partial charge in [-0.25, -0.2) is 0 Å². The number of hydrogen-bond donors (Lipinski definition) is 0. The van der Waals surface area contributed by atoms with Crippen LogP contribution in [0.15, 0.2) is 22.7 Å². The first-order valence-corrected chi connectivity index (χ1v) is 7.23. The van der Waals surface area contributed by atoms with E-state index < -0.39 is 11.7 Å². The molecule has 0 saturated carbocycles. The van der Waals surface area contributed by atoms with Gasteiger partial charge in [0.2, 0.25) is 0 Å². The molecule has 0 aliphatic carbocycles. The zero-order valence-corrected chi connectivity index (χ0v) is 12.4. The van der Waals surface area contributed by atoms with Crippen LogP contribution in [0.5, 0.6) is 0 Å². The summed E-state index contributed by atoms with van der Waals surface area (Å²) in [4.78, 5) is 2.31. The van der Waals surface area contributed by atoms with E-state index >= 15 is 0 Å². The third kappa shape index (κ3) is 3.96. The highest BCUT2D eigenvalue weighted by Crippen LogP contribution is 2.32. The molecule has 19 heavy (non-hydrogen) atoms. The van der Waals surface area contributed by atoms with E-state index in [0.717, 1.165) is 24.7 Å². The molecule has 106 valence electrons. The highest BCUT2D eigenvalue weighted by atomic mass is 79.9. The van der Waals surface area contributed by atoms with E-state index in [-0.39, 0.29) is 0 Å². The molecule has 0 spiro atoms. The minimum Gasteiger partial charge on any atom is -0.299 e. The molecule has 0 amide bonds. The van der Waals surface area contributed by atoms with Crippen molar-refractivity contribution in [3.8, 4) is 0 Å². The van der Waals surface area contributed by atoms with Crippen molar-refractivity contribution in [3.63, 3.8) is 0 Å². The fraction of sp³-hybridized carbons (Fsp3) is 0.571. The summed E-state index contributed by atoms with van der Waals surface area (Å²) in [5.41, 5.74) is 0.317. The van der Waals surface area contributed by atoms with E-state index in [2.05, 4.69) is 27.8 Å². The number of benzene rings is 1. The predicted octanol–water partition coefficient (Wildman–Crippen LogP) is 4.70. The number of halogens is 4. The SMILES string of the molecule is CC1CCCN(Cc2ccc(C(F)(F)F)cc2Br)C1. The number of rotatable bonds is 2. The summed E-state index contributed by atoms with van der Waals surface area (Å²) < 4.78 is 38.3. The Bertz CT molecular complexity index is 445. The largest absolute Gasteiger partial charge is 0.416 e. The van der Waals surface area contributed by atoms with Gasteiger partial charge in [0, 0.05) is 17.6 Å². The zero-order chi connectivity index (χ0) is 14.0. The number of nitrogens with zero attached hydrogens (tertiary/aromatic N) is 1. The summed E-state index contributed by atoms with van der Waals surface area (Å²) in [6.45, 7) is 4.97. The number of alkyl halides is 3. The molecular weight excluding hydrogens is 319 g/mol. The van der Waals surface area contributed by atoms with Crippen LogP contribution in [0.25, 0.3) is 0 Å². The molecule has 1 fully saturated rings. The lowest BCUT2D eigenvalue weighted by atomic mass is 9.99. The Morgan fingerprint density at radius 1 is 1.37 bits per heavy atom. The summed E-state index contributed by atoms with van der Waals surface area (Å²) in [6, 6.07) is 3.91. The van der Waals surface area contributed by atoms with Crippen LogP contribution in [-0.4, -0.2) is 18.0 Å². The monoisotopic (exact) mass is 335 g/mol. The van der Waals surface area contributed by atoms with E-state index in [9.17, 15) is 13.2 Å². The minimum atomic E-state index is -4.28. The normalized spacial score (nSPS) is 21.6. The first-order valence-electron chi connectivity index (χ1n) is 6.44. The average Bonchev–Trinajstić information content (AvgIpc) is 2.30. The topological polar surface area (TPSA) is 3.24 Å². The Balaban J connectivity index is 2.09. The van der Waals surface area contributed by atoms with Crippen LogP contribution in [0.1, 0.15) is 30.9 Å². The van der Waals surface area contributed by atoms with Gasteiger partial charge < -0.3 is 0 Å². The standard InChI is InChI=1S/C14H17BrF3N/c1-10-3-2-6-19(8-10)9-11-4-5-12(7-13(11)15)14(16,17)18/h4-5,7,10H,2-3,6,8-9H2,1H3. The molecule has 0 bridgehead atoms. The van der Waals surface area contributed by atoms with Gasteiger partial charge in [-0.05, 0) is 43.0 Å². The van der Waals surface area contributed by atoms with Crippen molar-refractivity contribution < 1.29 is 13.2 Å². The molecule has 1 aromatic carbocycles. The van der Waals surface area contributed by atoms with Crippen molar-refractivity contribution in [3.05, 3.63) is 33.8 Å². The van der Waals surface area contributed by atoms with Gasteiger partial charge in [0.05, 0.1) is 5.56 Å². The Morgan fingerprint density at radius 3 is 2.68 bits per heavy atom. The second-order valence-corrected chi connectivity index (χ2v) is 6.14. The maximum absolute atomic E-state index is 12.6. The summed E-state index contributed by atoms with van der Waals surface area (Å²) in [5.74, 6) is 0.668. The van der Waals surface area contributed by atoms with Crippen molar-refractivity contribution in [1.82, 2.24) is 4.90 Å². The lowest BCUT2D eigenvalue weighted by Crippen LogP contribution is -2.33. The van der Waals surface area contributed by atoms with Crippen molar-refractivity contribution in [2.24, 2.45) is 5.92 Å². The average molecular weight is 336 g/mol. The van der Waals surface area contributed by atoms with Crippen LogP contribution in [0.3, 0.4) is 0 Å². The quantitative estimate of drug-likeness (QED) is 0.757. The van der Waals surface area contributed by atoms with Gasteiger partial charge in [-0.2, -0.15) is 13.2 Å². The van der Waals surface area contributed by atoms with Gasteiger partial charge in [-0.15, -0.1) is 0 Å². The molecule has 1 aliphatic rings. The third-order valence-electron chi connectivity index (χ3n) is 3.52. The van der Waals surface area contributed by atoms with Crippen LogP contribution in [0.4, 0.5) is 13.2 Å². The van der Waals surface area contributed by atoms with Crippen molar-refractivity contribution in [2.75, 3.05) is 13.1 Å². The van der Waals surface area contributed by atoms with Gasteiger partial charge in [0.1, 0.15) is 0 Å². The number of piperidine rings is 1. The predicted molar refractivity (Wildman–Crippen MR) is 72.8 cm³/mol. The third-order valence-corrected chi connectivity index (χ3v) is 4.25. The zero-order valence-electron chi connectivity index (χ0n) is 10.8. The van der Waals surface area contributed by atoms with Gasteiger partial charge in [0.25, 0.3) is 0 Å². The van der Waals surface area contributed by atoms with E-state index in [1.807, 2.05) is 0 Å². The maximum Gasteiger partial charge on any atom is 0.416 e. The van der Waals surface area contributed by atoms with Crippen molar-refractivity contribution in [1.29, 1.82) is 0 Å². The molecule has 0 aromatic heterocycles. The molecule has 1 atom stereocenters. The molecule has 1 unspecified atom stereocenters. The van der Waals surface area contributed by atoms with Crippen molar-refractivity contribution >= 4 is 15.9 Å². The van der Waals surface area contributed by atoms with E-state index in [1.54, 1.807) is 6.07 Å². The number of likely N-dealkylation sites (tertiary alicyclic amines) is 1. The van der Waals surface area contributed by atoms with Crippen LogP contribution in [0.2, 0.25) is 0 Å². The molecule has 1 nitrogen and oxygen atoms in total. The minimum absolute atomic E-state index is 0.542. The van der Waals surface area contributed by atoms with Gasteiger partial charge in [0.15, 0.2) is 0 Å². The fourth-order valence-electron chi connectivity index (χ4n) is 2.52. The lowest BCUT2D eigenvalue weighted by molar-refractivity contribution is -0.137. The molecular formula is C14H17BrF3N. The first-order chi connectivity index (χ1) is 8.86. The van der Waals surface area contributed by atoms with Crippen molar-refractivity contribution in [2.45, 2.75) is 32.5 Å². The molecule has 2 rings (SSSR count). The van der Waals surface area contributed by atoms with Gasteiger partial charge in [-0.3, -0.25) is 4.90 Å². The molecule has 1 saturated heterocycles. The van der Waals surface area contributed by atoms with Gasteiger partial charge >= 0.3 is 6.18 Å². The fourth-order valence-corrected chi connectivity index (χ4v) is 3.03. The van der Waals surface area contributed by atoms with E-state index in [0.29, 0.717) is 16.9 Å².